The molecular formula is C12H20N3O2PS. The topological polar surface area (TPSA) is 54.5 Å². The van der Waals surface area contributed by atoms with Crippen molar-refractivity contribution >= 4 is 23.4 Å². The smallest absolute Gasteiger partial charge is 0.213 e. The Bertz CT molecular complexity index is 476. The van der Waals surface area contributed by atoms with Gasteiger partial charge in [-0.25, -0.2) is 9.99 Å². The van der Waals surface area contributed by atoms with Crippen molar-refractivity contribution in [3.63, 3.8) is 0 Å². The zero-order chi connectivity index (χ0) is 13.3. The van der Waals surface area contributed by atoms with Crippen LogP contribution < -0.4 is 9.95 Å². The van der Waals surface area contributed by atoms with Crippen molar-refractivity contribution in [3.05, 3.63) is 10.6 Å². The standard InChI is InChI=1S/C12H20N3O2PS/c1-18(16,14-15-6-8-17-9-7-15)12-13-10-4-2-3-5-11(10)19-12/h2-9H2,1H3,(H,14,16). The molecule has 0 spiro atoms. The normalized spacial score (nSPS) is 23.8. The van der Waals surface area contributed by atoms with Gasteiger partial charge in [0.2, 0.25) is 7.29 Å². The van der Waals surface area contributed by atoms with Gasteiger partial charge in [0, 0.05) is 24.6 Å². The van der Waals surface area contributed by atoms with Crippen LogP contribution in [-0.4, -0.2) is 43.0 Å². The monoisotopic (exact) mass is 301 g/mol. The lowest BCUT2D eigenvalue weighted by Gasteiger charge is -2.29. The van der Waals surface area contributed by atoms with Crippen LogP contribution in [0.3, 0.4) is 0 Å². The molecule has 5 nitrogen and oxygen atoms in total. The molecule has 1 aromatic rings. The van der Waals surface area contributed by atoms with Gasteiger partial charge in [-0.3, -0.25) is 4.57 Å². The van der Waals surface area contributed by atoms with E-state index in [1.165, 1.54) is 23.4 Å². The van der Waals surface area contributed by atoms with E-state index in [0.29, 0.717) is 13.2 Å². The highest BCUT2D eigenvalue weighted by molar-refractivity contribution is 7.74. The van der Waals surface area contributed by atoms with Crippen LogP contribution in [0.15, 0.2) is 0 Å². The molecule has 7 heteroatoms. The van der Waals surface area contributed by atoms with Crippen LogP contribution in [0, 0.1) is 0 Å². The molecule has 19 heavy (non-hydrogen) atoms. The van der Waals surface area contributed by atoms with Crippen LogP contribution in [0.25, 0.3) is 0 Å². The van der Waals surface area contributed by atoms with Crippen LogP contribution in [0.1, 0.15) is 23.4 Å². The second-order valence-electron chi connectivity index (χ2n) is 5.20. The summed E-state index contributed by atoms with van der Waals surface area (Å²) in [6.07, 6.45) is 4.59. The molecule has 1 aromatic heterocycles. The Kier molecular flexibility index (Phi) is 4.06. The average Bonchev–Trinajstić information content (AvgIpc) is 2.84. The fourth-order valence-electron chi connectivity index (χ4n) is 2.50. The first-order valence-corrected chi connectivity index (χ1v) is 9.79. The number of thiazole rings is 1. The number of hydrogen-bond acceptors (Lipinski definition) is 5. The lowest BCUT2D eigenvalue weighted by molar-refractivity contribution is 0.0271. The molecule has 1 aliphatic carbocycles. The van der Waals surface area contributed by atoms with E-state index in [2.05, 4.69) is 10.2 Å². The van der Waals surface area contributed by atoms with Crippen LogP contribution >= 0.6 is 18.6 Å². The van der Waals surface area contributed by atoms with Gasteiger partial charge in [-0.2, -0.15) is 5.20 Å². The zero-order valence-electron chi connectivity index (χ0n) is 11.2. The van der Waals surface area contributed by atoms with Gasteiger partial charge in [0.25, 0.3) is 0 Å². The Morgan fingerprint density at radius 2 is 2.05 bits per heavy atom. The lowest BCUT2D eigenvalue weighted by atomic mass is 10.0. The summed E-state index contributed by atoms with van der Waals surface area (Å²) in [5.41, 5.74) is 1.18. The number of nitrogens with one attached hydrogen (secondary N) is 1. The number of aromatic nitrogens is 1. The third-order valence-electron chi connectivity index (χ3n) is 3.54. The van der Waals surface area contributed by atoms with Crippen molar-refractivity contribution < 1.29 is 9.30 Å². The largest absolute Gasteiger partial charge is 0.379 e. The Hall–Kier alpha value is -0.260. The van der Waals surface area contributed by atoms with Crippen LogP contribution in [-0.2, 0) is 22.1 Å². The van der Waals surface area contributed by atoms with Gasteiger partial charge < -0.3 is 4.74 Å². The van der Waals surface area contributed by atoms with Crippen LogP contribution in [0.2, 0.25) is 0 Å². The molecule has 1 atom stereocenters. The molecule has 0 aromatic carbocycles. The fourth-order valence-corrected chi connectivity index (χ4v) is 5.67. The molecule has 3 rings (SSSR count). The summed E-state index contributed by atoms with van der Waals surface area (Å²) in [6, 6.07) is 0. The Labute approximate surface area is 117 Å². The molecule has 0 saturated carbocycles. The first kappa shape index (κ1) is 13.7. The summed E-state index contributed by atoms with van der Waals surface area (Å²) in [5.74, 6) is 0. The number of ether oxygens (including phenoxy) is 1. The van der Waals surface area contributed by atoms with Crippen molar-refractivity contribution in [1.82, 2.24) is 15.2 Å². The number of fused-ring (bicyclic) bond motifs is 1. The molecule has 0 bridgehead atoms. The highest BCUT2D eigenvalue weighted by atomic mass is 32.1. The van der Waals surface area contributed by atoms with Gasteiger partial charge in [0.1, 0.15) is 0 Å². The molecule has 2 heterocycles. The molecule has 1 saturated heterocycles. The van der Waals surface area contributed by atoms with Crippen LogP contribution in [0.4, 0.5) is 0 Å². The van der Waals surface area contributed by atoms with E-state index in [9.17, 15) is 4.57 Å². The van der Waals surface area contributed by atoms with Crippen molar-refractivity contribution in [1.29, 1.82) is 0 Å². The zero-order valence-corrected chi connectivity index (χ0v) is 12.9. The summed E-state index contributed by atoms with van der Waals surface area (Å²) in [4.78, 5) is 5.96. The first-order valence-electron chi connectivity index (χ1n) is 6.82. The van der Waals surface area contributed by atoms with Crippen molar-refractivity contribution in [2.45, 2.75) is 25.7 Å². The summed E-state index contributed by atoms with van der Waals surface area (Å²) < 4.78 is 18.9. The summed E-state index contributed by atoms with van der Waals surface area (Å²) in [6.45, 7) is 4.74. The van der Waals surface area contributed by atoms with Crippen molar-refractivity contribution in [3.8, 4) is 0 Å². The number of aryl methyl sites for hydroxylation is 2. The molecule has 0 radical (unpaired) electrons. The number of rotatable bonds is 3. The molecule has 106 valence electrons. The lowest BCUT2D eigenvalue weighted by Crippen LogP contribution is -2.45. The molecule has 2 aliphatic rings. The number of hydrazine groups is 1. The minimum Gasteiger partial charge on any atom is -0.379 e. The van der Waals surface area contributed by atoms with Crippen molar-refractivity contribution in [2.24, 2.45) is 0 Å². The summed E-state index contributed by atoms with van der Waals surface area (Å²) in [7, 11) is -2.59. The van der Waals surface area contributed by atoms with E-state index in [-0.39, 0.29) is 0 Å². The van der Waals surface area contributed by atoms with Gasteiger partial charge in [-0.05, 0) is 25.7 Å². The molecular weight excluding hydrogens is 281 g/mol. The summed E-state index contributed by atoms with van der Waals surface area (Å²) >= 11 is 1.64. The molecule has 1 unspecified atom stereocenters. The molecule has 1 N–H and O–H groups in total. The third-order valence-corrected chi connectivity index (χ3v) is 7.32. The van der Waals surface area contributed by atoms with Crippen LogP contribution in [0.5, 0.6) is 0 Å². The maximum Gasteiger partial charge on any atom is 0.213 e. The van der Waals surface area contributed by atoms with E-state index in [0.717, 1.165) is 30.7 Å². The Balaban J connectivity index is 1.75. The van der Waals surface area contributed by atoms with E-state index in [1.807, 2.05) is 5.01 Å². The van der Waals surface area contributed by atoms with E-state index in [4.69, 9.17) is 4.74 Å². The van der Waals surface area contributed by atoms with Gasteiger partial charge in [-0.15, -0.1) is 11.3 Å². The minimum atomic E-state index is -2.59. The summed E-state index contributed by atoms with van der Waals surface area (Å²) in [5, 5.41) is 5.18. The van der Waals surface area contributed by atoms with Gasteiger partial charge in [0.15, 0.2) is 4.75 Å². The SMILES string of the molecule is CP(=O)(NN1CCOCC1)c1nc2c(s1)CCCC2. The van der Waals surface area contributed by atoms with Gasteiger partial charge >= 0.3 is 0 Å². The maximum absolute atomic E-state index is 12.9. The second kappa shape index (κ2) is 5.62. The maximum atomic E-state index is 12.9. The number of nitrogens with zero attached hydrogens (tertiary/aromatic N) is 2. The quantitative estimate of drug-likeness (QED) is 0.855. The molecule has 0 amide bonds. The highest BCUT2D eigenvalue weighted by Crippen LogP contribution is 2.39. The Morgan fingerprint density at radius 3 is 2.79 bits per heavy atom. The third kappa shape index (κ3) is 3.09. The highest BCUT2D eigenvalue weighted by Gasteiger charge is 2.28. The average molecular weight is 301 g/mol. The molecule has 1 fully saturated rings. The van der Waals surface area contributed by atoms with Gasteiger partial charge in [-0.1, -0.05) is 0 Å². The van der Waals surface area contributed by atoms with E-state index in [1.54, 1.807) is 18.0 Å². The predicted octanol–water partition coefficient (Wildman–Crippen LogP) is 1.39. The fraction of sp³-hybridized carbons (Fsp3) is 0.750. The number of hydrogen-bond donors (Lipinski definition) is 1. The molecule has 1 aliphatic heterocycles. The number of morpholine rings is 1. The first-order chi connectivity index (χ1) is 9.15. The minimum absolute atomic E-state index is 0.696. The van der Waals surface area contributed by atoms with Crippen molar-refractivity contribution in [2.75, 3.05) is 33.0 Å². The second-order valence-corrected chi connectivity index (χ2v) is 9.06. The Morgan fingerprint density at radius 1 is 1.32 bits per heavy atom. The van der Waals surface area contributed by atoms with E-state index >= 15 is 0 Å². The predicted molar refractivity (Wildman–Crippen MR) is 77.4 cm³/mol. The van der Waals surface area contributed by atoms with E-state index < -0.39 is 7.29 Å². The van der Waals surface area contributed by atoms with Gasteiger partial charge in [0.05, 0.1) is 18.9 Å².